The van der Waals surface area contributed by atoms with E-state index in [0.29, 0.717) is 11.3 Å². The maximum atomic E-state index is 12.8. The molecule has 0 saturated heterocycles. The fraction of sp³-hybridized carbons (Fsp3) is 0.667. The number of aromatic nitrogens is 2. The number of carbonyl (C=O) groups is 2. The predicted molar refractivity (Wildman–Crippen MR) is 83.8 cm³/mol. The third-order valence-electron chi connectivity index (χ3n) is 5.17. The lowest BCUT2D eigenvalue weighted by Crippen LogP contribution is -2.25. The maximum Gasteiger partial charge on any atom is 0.186 e. The minimum Gasteiger partial charge on any atom is -0.294 e. The molecular formula is C18H24N2O2. The number of Topliss-reactive ketones (excluding diaryl/α,β-unsaturated/α-hetero) is 2. The molecule has 1 aromatic heterocycles. The third kappa shape index (κ3) is 3.26. The molecule has 22 heavy (non-hydrogen) atoms. The lowest BCUT2D eigenvalue weighted by molar-refractivity contribution is 0.0849. The van der Waals surface area contributed by atoms with E-state index < -0.39 is 0 Å². The molecule has 0 amide bonds. The van der Waals surface area contributed by atoms with Crippen LogP contribution in [0.5, 0.6) is 0 Å². The summed E-state index contributed by atoms with van der Waals surface area (Å²) < 4.78 is 0. The number of hydrogen-bond acceptors (Lipinski definition) is 4. The fourth-order valence-corrected chi connectivity index (χ4v) is 3.86. The highest BCUT2D eigenvalue weighted by atomic mass is 16.1. The predicted octanol–water partition coefficient (Wildman–Crippen LogP) is 4.00. The molecule has 0 N–H and O–H groups in total. The highest BCUT2D eigenvalue weighted by Gasteiger charge is 2.30. The van der Waals surface area contributed by atoms with Gasteiger partial charge in [0.2, 0.25) is 0 Å². The molecule has 0 atom stereocenters. The Hall–Kier alpha value is -1.58. The van der Waals surface area contributed by atoms with Crippen molar-refractivity contribution in [2.45, 2.75) is 64.2 Å². The first-order valence-electron chi connectivity index (χ1n) is 8.67. The van der Waals surface area contributed by atoms with Crippen molar-refractivity contribution in [1.82, 2.24) is 10.2 Å². The Kier molecular flexibility index (Phi) is 4.96. The lowest BCUT2D eigenvalue weighted by Gasteiger charge is -2.23. The Labute approximate surface area is 131 Å². The highest BCUT2D eigenvalue weighted by molar-refractivity contribution is 6.08. The van der Waals surface area contributed by atoms with Gasteiger partial charge >= 0.3 is 0 Å². The maximum absolute atomic E-state index is 12.8. The standard InChI is InChI=1S/C18H24N2O2/c21-17(13-7-3-1-4-8-13)15-11-12-19-20-16(15)18(22)14-9-5-2-6-10-14/h11-14H,1-10H2. The van der Waals surface area contributed by atoms with Crippen LogP contribution in [0.4, 0.5) is 0 Å². The molecule has 1 aromatic rings. The highest BCUT2D eigenvalue weighted by Crippen LogP contribution is 2.30. The van der Waals surface area contributed by atoms with Crippen LogP contribution in [0.3, 0.4) is 0 Å². The van der Waals surface area contributed by atoms with Crippen molar-refractivity contribution in [2.75, 3.05) is 0 Å². The molecule has 0 radical (unpaired) electrons. The van der Waals surface area contributed by atoms with Crippen LogP contribution in [-0.4, -0.2) is 21.8 Å². The number of carbonyl (C=O) groups excluding carboxylic acids is 2. The molecule has 1 heterocycles. The van der Waals surface area contributed by atoms with Crippen LogP contribution in [0.1, 0.15) is 85.1 Å². The average molecular weight is 300 g/mol. The molecule has 2 aliphatic rings. The Morgan fingerprint density at radius 3 is 1.95 bits per heavy atom. The van der Waals surface area contributed by atoms with E-state index in [2.05, 4.69) is 10.2 Å². The van der Waals surface area contributed by atoms with Crippen molar-refractivity contribution in [1.29, 1.82) is 0 Å². The van der Waals surface area contributed by atoms with E-state index in [1.807, 2.05) is 0 Å². The molecular weight excluding hydrogens is 276 g/mol. The molecule has 4 nitrogen and oxygen atoms in total. The van der Waals surface area contributed by atoms with Gasteiger partial charge in [-0.3, -0.25) is 9.59 Å². The third-order valence-corrected chi connectivity index (χ3v) is 5.17. The molecule has 4 heteroatoms. The van der Waals surface area contributed by atoms with Crippen LogP contribution in [0.15, 0.2) is 12.3 Å². The second-order valence-corrected chi connectivity index (χ2v) is 6.69. The van der Waals surface area contributed by atoms with E-state index in [-0.39, 0.29) is 23.4 Å². The largest absolute Gasteiger partial charge is 0.294 e. The number of rotatable bonds is 4. The SMILES string of the molecule is O=C(c1ccnnc1C(=O)C1CCCCC1)C1CCCCC1. The summed E-state index contributed by atoms with van der Waals surface area (Å²) in [7, 11) is 0. The van der Waals surface area contributed by atoms with Gasteiger partial charge < -0.3 is 0 Å². The molecule has 0 unspecified atom stereocenters. The zero-order valence-electron chi connectivity index (χ0n) is 13.1. The molecule has 0 aromatic carbocycles. The molecule has 0 bridgehead atoms. The Morgan fingerprint density at radius 2 is 1.36 bits per heavy atom. The van der Waals surface area contributed by atoms with Crippen molar-refractivity contribution >= 4 is 11.6 Å². The van der Waals surface area contributed by atoms with Crippen molar-refractivity contribution in [3.05, 3.63) is 23.5 Å². The lowest BCUT2D eigenvalue weighted by atomic mass is 9.81. The first-order chi connectivity index (χ1) is 10.8. The first-order valence-corrected chi connectivity index (χ1v) is 8.67. The van der Waals surface area contributed by atoms with Crippen molar-refractivity contribution in [3.63, 3.8) is 0 Å². The van der Waals surface area contributed by atoms with Gasteiger partial charge in [-0.2, -0.15) is 5.10 Å². The monoisotopic (exact) mass is 300 g/mol. The minimum atomic E-state index is 0.0309. The Bertz CT molecular complexity index is 495. The van der Waals surface area contributed by atoms with Gasteiger partial charge in [0.15, 0.2) is 11.6 Å². The summed E-state index contributed by atoms with van der Waals surface area (Å²) in [6.07, 6.45) is 12.1. The van der Waals surface area contributed by atoms with Crippen molar-refractivity contribution < 1.29 is 9.59 Å². The van der Waals surface area contributed by atoms with E-state index in [9.17, 15) is 9.59 Å². The van der Waals surface area contributed by atoms with Gasteiger partial charge in [0, 0.05) is 11.8 Å². The molecule has 2 fully saturated rings. The summed E-state index contributed by atoms with van der Waals surface area (Å²) in [4.78, 5) is 25.5. The van der Waals surface area contributed by atoms with Gasteiger partial charge in [-0.15, -0.1) is 5.10 Å². The van der Waals surface area contributed by atoms with Crippen LogP contribution in [0.25, 0.3) is 0 Å². The quantitative estimate of drug-likeness (QED) is 0.788. The van der Waals surface area contributed by atoms with Gasteiger partial charge in [-0.05, 0) is 31.7 Å². The van der Waals surface area contributed by atoms with Crippen LogP contribution >= 0.6 is 0 Å². The van der Waals surface area contributed by atoms with Crippen LogP contribution in [-0.2, 0) is 0 Å². The molecule has 2 aliphatic carbocycles. The smallest absolute Gasteiger partial charge is 0.186 e. The second-order valence-electron chi connectivity index (χ2n) is 6.69. The zero-order chi connectivity index (χ0) is 15.4. The van der Waals surface area contributed by atoms with E-state index >= 15 is 0 Å². The van der Waals surface area contributed by atoms with Crippen molar-refractivity contribution in [3.8, 4) is 0 Å². The van der Waals surface area contributed by atoms with E-state index in [0.717, 1.165) is 51.4 Å². The molecule has 0 aliphatic heterocycles. The molecule has 2 saturated carbocycles. The summed E-state index contributed by atoms with van der Waals surface area (Å²) in [6.45, 7) is 0. The van der Waals surface area contributed by atoms with Gasteiger partial charge in [0.1, 0.15) is 5.69 Å². The summed E-state index contributed by atoms with van der Waals surface area (Å²) in [5, 5.41) is 7.92. The Balaban J connectivity index is 1.82. The van der Waals surface area contributed by atoms with Crippen LogP contribution in [0.2, 0.25) is 0 Å². The van der Waals surface area contributed by atoms with Gasteiger partial charge in [0.05, 0.1) is 11.8 Å². The fourth-order valence-electron chi connectivity index (χ4n) is 3.86. The zero-order valence-corrected chi connectivity index (χ0v) is 13.1. The number of nitrogens with zero attached hydrogens (tertiary/aromatic N) is 2. The molecule has 3 rings (SSSR count). The normalized spacial score (nSPS) is 20.7. The first kappa shape index (κ1) is 15.3. The summed E-state index contributed by atoms with van der Waals surface area (Å²) >= 11 is 0. The van der Waals surface area contributed by atoms with E-state index in [4.69, 9.17) is 0 Å². The van der Waals surface area contributed by atoms with Crippen LogP contribution in [0, 0.1) is 11.8 Å². The minimum absolute atomic E-state index is 0.0309. The van der Waals surface area contributed by atoms with Gasteiger partial charge in [-0.1, -0.05) is 38.5 Å². The molecule has 0 spiro atoms. The van der Waals surface area contributed by atoms with E-state index in [1.165, 1.54) is 19.0 Å². The van der Waals surface area contributed by atoms with Gasteiger partial charge in [-0.25, -0.2) is 0 Å². The number of ketones is 2. The Morgan fingerprint density at radius 1 is 0.818 bits per heavy atom. The summed E-state index contributed by atoms with van der Waals surface area (Å²) in [5.74, 6) is 0.236. The van der Waals surface area contributed by atoms with E-state index in [1.54, 1.807) is 6.07 Å². The summed E-state index contributed by atoms with van der Waals surface area (Å²) in [6, 6.07) is 1.69. The van der Waals surface area contributed by atoms with Gasteiger partial charge in [0.25, 0.3) is 0 Å². The second kappa shape index (κ2) is 7.12. The molecule has 118 valence electrons. The number of hydrogen-bond donors (Lipinski definition) is 0. The average Bonchev–Trinajstić information content (AvgIpc) is 2.62. The van der Waals surface area contributed by atoms with Crippen molar-refractivity contribution in [2.24, 2.45) is 11.8 Å². The summed E-state index contributed by atoms with van der Waals surface area (Å²) in [5.41, 5.74) is 0.836. The van der Waals surface area contributed by atoms with Crippen LogP contribution < -0.4 is 0 Å². The topological polar surface area (TPSA) is 59.9 Å².